The van der Waals surface area contributed by atoms with Crippen LogP contribution < -0.4 is 0 Å². The van der Waals surface area contributed by atoms with Gasteiger partial charge in [-0.1, -0.05) is 141 Å². The standard InChI is InChI=1S/C40H68O7/c1-4-5-17-24-35(41)28-29-37-34(27-30-38(37)43)23-19-15-16-21-26-40(45)47-32-36(42)31-46-39(44)25-20-14-12-10-8-6-7-9-11-13-18-22-33(2)3/h15,19,27-30,33-37,41-42H,4-14,16-18,20-26,31-32H2,1-3H3/b19-15-,29-28+/t34-,35-,36-,37+/m0/s1. The molecule has 0 saturated heterocycles. The highest BCUT2D eigenvalue weighted by Gasteiger charge is 2.26. The number of ketones is 1. The molecule has 4 atom stereocenters. The van der Waals surface area contributed by atoms with Crippen molar-refractivity contribution in [2.24, 2.45) is 17.8 Å². The van der Waals surface area contributed by atoms with Gasteiger partial charge < -0.3 is 19.7 Å². The monoisotopic (exact) mass is 660 g/mol. The summed E-state index contributed by atoms with van der Waals surface area (Å²) in [5.74, 6) is 0.0339. The van der Waals surface area contributed by atoms with Crippen LogP contribution in [-0.4, -0.2) is 53.4 Å². The minimum atomic E-state index is -1.03. The summed E-state index contributed by atoms with van der Waals surface area (Å²) in [6.45, 7) is 6.36. The Labute approximate surface area is 286 Å². The molecule has 0 saturated carbocycles. The van der Waals surface area contributed by atoms with E-state index >= 15 is 0 Å². The van der Waals surface area contributed by atoms with Crippen LogP contribution in [0, 0.1) is 17.8 Å². The van der Waals surface area contributed by atoms with E-state index in [0.717, 1.165) is 57.3 Å². The van der Waals surface area contributed by atoms with Gasteiger partial charge in [-0.05, 0) is 50.0 Å². The van der Waals surface area contributed by atoms with Gasteiger partial charge in [-0.15, -0.1) is 0 Å². The van der Waals surface area contributed by atoms with Crippen LogP contribution in [-0.2, 0) is 23.9 Å². The first-order valence-corrected chi connectivity index (χ1v) is 19.0. The number of carbonyl (C=O) groups excluding carboxylic acids is 3. The Morgan fingerprint density at radius 3 is 1.91 bits per heavy atom. The van der Waals surface area contributed by atoms with Crippen LogP contribution >= 0.6 is 0 Å². The third-order valence-corrected chi connectivity index (χ3v) is 8.80. The minimum absolute atomic E-state index is 0.0738. The van der Waals surface area contributed by atoms with E-state index in [1.165, 1.54) is 57.8 Å². The van der Waals surface area contributed by atoms with Crippen molar-refractivity contribution in [3.63, 3.8) is 0 Å². The molecule has 0 aromatic carbocycles. The van der Waals surface area contributed by atoms with Gasteiger partial charge in [0.05, 0.1) is 6.10 Å². The van der Waals surface area contributed by atoms with E-state index in [0.29, 0.717) is 19.3 Å². The number of ether oxygens (including phenoxy) is 2. The highest BCUT2D eigenvalue weighted by Crippen LogP contribution is 2.27. The van der Waals surface area contributed by atoms with E-state index in [2.05, 4.69) is 20.8 Å². The minimum Gasteiger partial charge on any atom is -0.463 e. The van der Waals surface area contributed by atoms with Crippen molar-refractivity contribution in [1.82, 2.24) is 0 Å². The van der Waals surface area contributed by atoms with Gasteiger partial charge >= 0.3 is 11.9 Å². The zero-order valence-electron chi connectivity index (χ0n) is 30.0. The predicted octanol–water partition coefficient (Wildman–Crippen LogP) is 9.15. The van der Waals surface area contributed by atoms with Gasteiger partial charge in [0.25, 0.3) is 0 Å². The number of hydrogen-bond donors (Lipinski definition) is 2. The fourth-order valence-corrected chi connectivity index (χ4v) is 5.79. The summed E-state index contributed by atoms with van der Waals surface area (Å²) >= 11 is 0. The van der Waals surface area contributed by atoms with Crippen LogP contribution in [0.5, 0.6) is 0 Å². The Morgan fingerprint density at radius 2 is 1.32 bits per heavy atom. The number of aliphatic hydroxyl groups is 2. The van der Waals surface area contributed by atoms with E-state index in [9.17, 15) is 24.6 Å². The molecular weight excluding hydrogens is 592 g/mol. The molecule has 0 aromatic heterocycles. The maximum absolute atomic E-state index is 12.2. The number of aliphatic hydroxyl groups excluding tert-OH is 2. The summed E-state index contributed by atoms with van der Waals surface area (Å²) in [5.41, 5.74) is 0. The van der Waals surface area contributed by atoms with E-state index in [1.54, 1.807) is 12.2 Å². The maximum Gasteiger partial charge on any atom is 0.305 e. The number of carbonyl (C=O) groups is 3. The Bertz CT molecular complexity index is 906. The second-order valence-corrected chi connectivity index (χ2v) is 13.8. The van der Waals surface area contributed by atoms with E-state index in [4.69, 9.17) is 9.47 Å². The summed E-state index contributed by atoms with van der Waals surface area (Å²) in [6.07, 6.45) is 31.1. The Kier molecular flexibility index (Phi) is 26.1. The molecule has 0 amide bonds. The maximum atomic E-state index is 12.2. The van der Waals surface area contributed by atoms with Crippen LogP contribution in [0.3, 0.4) is 0 Å². The van der Waals surface area contributed by atoms with Crippen molar-refractivity contribution in [1.29, 1.82) is 0 Å². The molecule has 1 rings (SSSR count). The van der Waals surface area contributed by atoms with Gasteiger partial charge in [0.2, 0.25) is 0 Å². The van der Waals surface area contributed by atoms with Crippen molar-refractivity contribution in [3.8, 4) is 0 Å². The highest BCUT2D eigenvalue weighted by atomic mass is 16.6. The lowest BCUT2D eigenvalue weighted by atomic mass is 9.90. The lowest BCUT2D eigenvalue weighted by molar-refractivity contribution is -0.152. The normalized spacial score (nSPS) is 17.7. The topological polar surface area (TPSA) is 110 Å². The smallest absolute Gasteiger partial charge is 0.305 e. The highest BCUT2D eigenvalue weighted by molar-refractivity contribution is 5.95. The summed E-state index contributed by atoms with van der Waals surface area (Å²) in [5, 5.41) is 20.2. The summed E-state index contributed by atoms with van der Waals surface area (Å²) in [7, 11) is 0. The molecule has 0 fully saturated rings. The van der Waals surface area contributed by atoms with Crippen molar-refractivity contribution in [2.75, 3.05) is 13.2 Å². The second kappa shape index (κ2) is 28.7. The molecule has 270 valence electrons. The van der Waals surface area contributed by atoms with Gasteiger partial charge in [0.15, 0.2) is 5.78 Å². The van der Waals surface area contributed by atoms with Crippen LogP contribution in [0.15, 0.2) is 36.5 Å². The largest absolute Gasteiger partial charge is 0.463 e. The van der Waals surface area contributed by atoms with Crippen molar-refractivity contribution in [2.45, 2.75) is 168 Å². The molecule has 1 aliphatic carbocycles. The third kappa shape index (κ3) is 24.5. The predicted molar refractivity (Wildman–Crippen MR) is 191 cm³/mol. The summed E-state index contributed by atoms with van der Waals surface area (Å²) < 4.78 is 10.3. The lowest BCUT2D eigenvalue weighted by Crippen LogP contribution is -2.25. The molecular formula is C40H68O7. The first kappa shape index (κ1) is 42.8. The van der Waals surface area contributed by atoms with Crippen LogP contribution in [0.4, 0.5) is 0 Å². The second-order valence-electron chi connectivity index (χ2n) is 13.8. The van der Waals surface area contributed by atoms with Crippen LogP contribution in [0.1, 0.15) is 156 Å². The van der Waals surface area contributed by atoms with E-state index in [1.807, 2.05) is 24.3 Å². The van der Waals surface area contributed by atoms with Crippen LogP contribution in [0.2, 0.25) is 0 Å². The van der Waals surface area contributed by atoms with Gasteiger partial charge in [-0.25, -0.2) is 0 Å². The summed E-state index contributed by atoms with van der Waals surface area (Å²) in [6, 6.07) is 0. The molecule has 7 heteroatoms. The Morgan fingerprint density at radius 1 is 0.766 bits per heavy atom. The summed E-state index contributed by atoms with van der Waals surface area (Å²) in [4.78, 5) is 36.3. The van der Waals surface area contributed by atoms with Gasteiger partial charge in [0, 0.05) is 18.8 Å². The van der Waals surface area contributed by atoms with Crippen molar-refractivity contribution < 1.29 is 34.1 Å². The molecule has 0 unspecified atom stereocenters. The number of hydrogen-bond acceptors (Lipinski definition) is 7. The fourth-order valence-electron chi connectivity index (χ4n) is 5.79. The van der Waals surface area contributed by atoms with E-state index in [-0.39, 0.29) is 43.2 Å². The number of rotatable bonds is 30. The molecule has 0 spiro atoms. The average Bonchev–Trinajstić information content (AvgIpc) is 3.40. The third-order valence-electron chi connectivity index (χ3n) is 8.80. The molecule has 1 aliphatic rings. The zero-order valence-corrected chi connectivity index (χ0v) is 30.0. The zero-order chi connectivity index (χ0) is 34.5. The molecule has 0 aliphatic heterocycles. The molecule has 0 heterocycles. The average molecular weight is 661 g/mol. The van der Waals surface area contributed by atoms with E-state index < -0.39 is 18.2 Å². The fraction of sp³-hybridized carbons (Fsp3) is 0.775. The first-order chi connectivity index (χ1) is 22.7. The van der Waals surface area contributed by atoms with Gasteiger partial charge in [-0.2, -0.15) is 0 Å². The number of allylic oxidation sites excluding steroid dienone is 5. The van der Waals surface area contributed by atoms with Crippen LogP contribution in [0.25, 0.3) is 0 Å². The quantitative estimate of drug-likeness (QED) is 0.0449. The molecule has 7 nitrogen and oxygen atoms in total. The van der Waals surface area contributed by atoms with Gasteiger partial charge in [-0.3, -0.25) is 14.4 Å². The van der Waals surface area contributed by atoms with Gasteiger partial charge in [0.1, 0.15) is 19.3 Å². The first-order valence-electron chi connectivity index (χ1n) is 19.0. The SMILES string of the molecule is CCCCC[C@H](O)/C=C/[C@H]1C(=O)C=C[C@@H]1C/C=C\CCCC(=O)OC[C@@H](O)COC(=O)CCCCCCCCCCCCCC(C)C. The molecule has 0 bridgehead atoms. The van der Waals surface area contributed by atoms with Crippen molar-refractivity contribution >= 4 is 17.7 Å². The molecule has 0 aromatic rings. The number of esters is 2. The molecule has 47 heavy (non-hydrogen) atoms. The molecule has 0 radical (unpaired) electrons. The van der Waals surface area contributed by atoms with Crippen molar-refractivity contribution in [3.05, 3.63) is 36.5 Å². The Balaban J connectivity index is 2.02. The number of unbranched alkanes of at least 4 members (excludes halogenated alkanes) is 13. The Hall–Kier alpha value is -2.25. The lowest BCUT2D eigenvalue weighted by Gasteiger charge is -2.13. The molecule has 2 N–H and O–H groups in total.